The quantitative estimate of drug-likeness (QED) is 0.638. The predicted molar refractivity (Wildman–Crippen MR) is 55.5 cm³/mol. The second-order valence-electron chi connectivity index (χ2n) is 2.97. The number of aliphatic hydroxyl groups excluding tert-OH is 2. The summed E-state index contributed by atoms with van der Waals surface area (Å²) in [5, 5.41) is 15.2. The van der Waals surface area contributed by atoms with Crippen molar-refractivity contribution < 1.29 is 34.0 Å². The van der Waals surface area contributed by atoms with E-state index >= 15 is 0 Å². The van der Waals surface area contributed by atoms with Gasteiger partial charge in [0.15, 0.2) is 11.5 Å². The predicted octanol–water partition coefficient (Wildman–Crippen LogP) is -0.675. The maximum Gasteiger partial charge on any atom is 0.307 e. The highest BCUT2D eigenvalue weighted by atomic mass is 16.6. The number of carbonyl (C=O) groups excluding carboxylic acids is 2. The zero-order chi connectivity index (χ0) is 13.3. The molecule has 0 aromatic rings. The normalized spacial score (nSPS) is 13.9. The third-order valence-corrected chi connectivity index (χ3v) is 1.41. The Morgan fingerprint density at radius 2 is 1.41 bits per heavy atom. The SMILES string of the molecule is CC(=O)OC1=C(OC(C)=O)COC1.OCCO. The smallest absolute Gasteiger partial charge is 0.307 e. The monoisotopic (exact) mass is 248 g/mol. The number of carbonyl (C=O) groups is 2. The number of ether oxygens (including phenoxy) is 3. The van der Waals surface area contributed by atoms with Crippen LogP contribution in [-0.4, -0.2) is 48.6 Å². The van der Waals surface area contributed by atoms with Gasteiger partial charge in [-0.2, -0.15) is 0 Å². The standard InChI is InChI=1S/C8H10O5.C2H6O2/c1-5(9)12-7-3-11-4-8(7)13-6(2)10;3-1-2-4/h3-4H2,1-2H3;3-4H,1-2H2. The van der Waals surface area contributed by atoms with Gasteiger partial charge in [-0.3, -0.25) is 9.59 Å². The first-order valence-electron chi connectivity index (χ1n) is 4.89. The van der Waals surface area contributed by atoms with Gasteiger partial charge in [-0.25, -0.2) is 0 Å². The van der Waals surface area contributed by atoms with Gasteiger partial charge in [-0.05, 0) is 0 Å². The molecular weight excluding hydrogens is 232 g/mol. The highest BCUT2D eigenvalue weighted by molar-refractivity contribution is 5.69. The van der Waals surface area contributed by atoms with E-state index in [1.54, 1.807) is 0 Å². The van der Waals surface area contributed by atoms with Gasteiger partial charge in [-0.1, -0.05) is 0 Å². The molecule has 0 amide bonds. The summed E-state index contributed by atoms with van der Waals surface area (Å²) in [6, 6.07) is 0. The van der Waals surface area contributed by atoms with Crippen LogP contribution in [0.3, 0.4) is 0 Å². The average Bonchev–Trinajstić information content (AvgIpc) is 2.64. The third-order valence-electron chi connectivity index (χ3n) is 1.41. The van der Waals surface area contributed by atoms with Gasteiger partial charge < -0.3 is 24.4 Å². The Bertz CT molecular complexity index is 267. The molecule has 0 spiro atoms. The molecule has 0 saturated heterocycles. The lowest BCUT2D eigenvalue weighted by Crippen LogP contribution is -2.05. The van der Waals surface area contributed by atoms with Crippen molar-refractivity contribution >= 4 is 11.9 Å². The van der Waals surface area contributed by atoms with Crippen LogP contribution in [-0.2, 0) is 23.8 Å². The number of rotatable bonds is 3. The molecule has 0 unspecified atom stereocenters. The van der Waals surface area contributed by atoms with Crippen molar-refractivity contribution in [3.05, 3.63) is 11.5 Å². The molecule has 17 heavy (non-hydrogen) atoms. The molecule has 98 valence electrons. The van der Waals surface area contributed by atoms with Crippen LogP contribution in [0.15, 0.2) is 11.5 Å². The van der Waals surface area contributed by atoms with Gasteiger partial charge in [0.1, 0.15) is 13.2 Å². The number of esters is 2. The molecule has 7 nitrogen and oxygen atoms in total. The Balaban J connectivity index is 0.000000557. The van der Waals surface area contributed by atoms with Gasteiger partial charge in [0.25, 0.3) is 0 Å². The van der Waals surface area contributed by atoms with Gasteiger partial charge in [0, 0.05) is 13.8 Å². The fraction of sp³-hybridized carbons (Fsp3) is 0.600. The lowest BCUT2D eigenvalue weighted by atomic mass is 10.4. The molecule has 0 radical (unpaired) electrons. The van der Waals surface area contributed by atoms with Gasteiger partial charge in [0.2, 0.25) is 0 Å². The Morgan fingerprint density at radius 3 is 1.65 bits per heavy atom. The second kappa shape index (κ2) is 8.68. The van der Waals surface area contributed by atoms with Gasteiger partial charge >= 0.3 is 11.9 Å². The zero-order valence-corrected chi connectivity index (χ0v) is 9.76. The van der Waals surface area contributed by atoms with Crippen LogP contribution >= 0.6 is 0 Å². The topological polar surface area (TPSA) is 102 Å². The highest BCUT2D eigenvalue weighted by Gasteiger charge is 2.21. The minimum absolute atomic E-state index is 0.125. The lowest BCUT2D eigenvalue weighted by Gasteiger charge is -2.03. The highest BCUT2D eigenvalue weighted by Crippen LogP contribution is 2.16. The summed E-state index contributed by atoms with van der Waals surface area (Å²) >= 11 is 0. The molecule has 1 rings (SSSR count). The van der Waals surface area contributed by atoms with Gasteiger partial charge in [-0.15, -0.1) is 0 Å². The van der Waals surface area contributed by atoms with E-state index in [9.17, 15) is 9.59 Å². The molecule has 7 heteroatoms. The zero-order valence-electron chi connectivity index (χ0n) is 9.76. The van der Waals surface area contributed by atoms with Crippen LogP contribution in [0.25, 0.3) is 0 Å². The van der Waals surface area contributed by atoms with E-state index in [0.29, 0.717) is 0 Å². The first kappa shape index (κ1) is 15.6. The van der Waals surface area contributed by atoms with E-state index in [0.717, 1.165) is 0 Å². The van der Waals surface area contributed by atoms with Crippen LogP contribution < -0.4 is 0 Å². The first-order chi connectivity index (χ1) is 8.01. The lowest BCUT2D eigenvalue weighted by molar-refractivity contribution is -0.140. The summed E-state index contributed by atoms with van der Waals surface area (Å²) in [5.74, 6) is -0.347. The van der Waals surface area contributed by atoms with Crippen molar-refractivity contribution in [1.82, 2.24) is 0 Å². The summed E-state index contributed by atoms with van der Waals surface area (Å²) in [4.78, 5) is 21.2. The molecule has 0 aromatic heterocycles. The molecule has 2 N–H and O–H groups in total. The van der Waals surface area contributed by atoms with Gasteiger partial charge in [0.05, 0.1) is 13.2 Å². The van der Waals surface area contributed by atoms with Crippen LogP contribution in [0, 0.1) is 0 Å². The summed E-state index contributed by atoms with van der Waals surface area (Å²) in [6.45, 7) is 2.64. The second-order valence-corrected chi connectivity index (χ2v) is 2.97. The fourth-order valence-electron chi connectivity index (χ4n) is 0.917. The third kappa shape index (κ3) is 7.45. The van der Waals surface area contributed by atoms with Crippen LogP contribution in [0.2, 0.25) is 0 Å². The van der Waals surface area contributed by atoms with Crippen molar-refractivity contribution in [2.24, 2.45) is 0 Å². The van der Waals surface area contributed by atoms with E-state index in [1.165, 1.54) is 13.8 Å². The molecule has 0 aromatic carbocycles. The molecule has 0 fully saturated rings. The van der Waals surface area contributed by atoms with E-state index in [-0.39, 0.29) is 37.9 Å². The van der Waals surface area contributed by atoms with E-state index in [4.69, 9.17) is 24.4 Å². The van der Waals surface area contributed by atoms with E-state index in [1.807, 2.05) is 0 Å². The van der Waals surface area contributed by atoms with Crippen molar-refractivity contribution in [1.29, 1.82) is 0 Å². The van der Waals surface area contributed by atoms with Crippen LogP contribution in [0.1, 0.15) is 13.8 Å². The van der Waals surface area contributed by atoms with E-state index < -0.39 is 11.9 Å². The Morgan fingerprint density at radius 1 is 1.06 bits per heavy atom. The Hall–Kier alpha value is -1.44. The number of aliphatic hydroxyl groups is 2. The fourth-order valence-corrected chi connectivity index (χ4v) is 0.917. The number of hydrogen-bond donors (Lipinski definition) is 2. The molecule has 1 aliphatic rings. The molecule has 0 bridgehead atoms. The average molecular weight is 248 g/mol. The largest absolute Gasteiger partial charge is 0.425 e. The summed E-state index contributed by atoms with van der Waals surface area (Å²) in [6.07, 6.45) is 0. The van der Waals surface area contributed by atoms with Crippen LogP contribution in [0.4, 0.5) is 0 Å². The Kier molecular flexibility index (Phi) is 7.95. The van der Waals surface area contributed by atoms with Crippen molar-refractivity contribution in [3.63, 3.8) is 0 Å². The summed E-state index contributed by atoms with van der Waals surface area (Å²) in [5.41, 5.74) is 0. The van der Waals surface area contributed by atoms with Crippen LogP contribution in [0.5, 0.6) is 0 Å². The number of hydrogen-bond acceptors (Lipinski definition) is 7. The van der Waals surface area contributed by atoms with E-state index in [2.05, 4.69) is 0 Å². The molecule has 0 aliphatic carbocycles. The first-order valence-corrected chi connectivity index (χ1v) is 4.89. The van der Waals surface area contributed by atoms with Crippen molar-refractivity contribution in [3.8, 4) is 0 Å². The molecule has 1 aliphatic heterocycles. The molecule has 1 heterocycles. The minimum Gasteiger partial charge on any atom is -0.425 e. The maximum atomic E-state index is 10.6. The summed E-state index contributed by atoms with van der Waals surface area (Å²) < 4.78 is 14.5. The molecule has 0 saturated carbocycles. The van der Waals surface area contributed by atoms with Crippen molar-refractivity contribution in [2.45, 2.75) is 13.8 Å². The van der Waals surface area contributed by atoms with Crippen molar-refractivity contribution in [2.75, 3.05) is 26.4 Å². The molecular formula is C10H16O7. The molecule has 0 atom stereocenters. The minimum atomic E-state index is -0.454. The maximum absolute atomic E-state index is 10.6. The summed E-state index contributed by atoms with van der Waals surface area (Å²) in [7, 11) is 0. The Labute approximate surface area is 98.6 Å².